The lowest BCUT2D eigenvalue weighted by molar-refractivity contribution is 0.399. The van der Waals surface area contributed by atoms with Crippen molar-refractivity contribution in [1.29, 1.82) is 0 Å². The number of methoxy groups -OCH3 is 1. The highest BCUT2D eigenvalue weighted by molar-refractivity contribution is 9.10. The van der Waals surface area contributed by atoms with Crippen LogP contribution in [0.3, 0.4) is 0 Å². The van der Waals surface area contributed by atoms with E-state index in [0.717, 1.165) is 33.9 Å². The SMILES string of the molecule is CCNC(Cc1nc(C)cs1)c1ccc(Br)cc1OC. The van der Waals surface area contributed by atoms with Crippen LogP contribution in [-0.4, -0.2) is 18.6 Å². The number of aryl methyl sites for hydroxylation is 1. The van der Waals surface area contributed by atoms with E-state index in [4.69, 9.17) is 4.74 Å². The van der Waals surface area contributed by atoms with Gasteiger partial charge in [0.1, 0.15) is 5.75 Å². The van der Waals surface area contributed by atoms with Crippen LogP contribution in [0.25, 0.3) is 0 Å². The fraction of sp³-hybridized carbons (Fsp3) is 0.400. The summed E-state index contributed by atoms with van der Waals surface area (Å²) in [5, 5.41) is 6.77. The lowest BCUT2D eigenvalue weighted by Gasteiger charge is -2.20. The van der Waals surface area contributed by atoms with E-state index in [1.165, 1.54) is 5.56 Å². The van der Waals surface area contributed by atoms with Crippen LogP contribution in [0.4, 0.5) is 0 Å². The maximum Gasteiger partial charge on any atom is 0.124 e. The van der Waals surface area contributed by atoms with Crippen molar-refractivity contribution in [2.45, 2.75) is 26.3 Å². The quantitative estimate of drug-likeness (QED) is 0.847. The zero-order valence-electron chi connectivity index (χ0n) is 11.9. The molecule has 0 aliphatic rings. The average Bonchev–Trinajstić information content (AvgIpc) is 2.83. The summed E-state index contributed by atoms with van der Waals surface area (Å²) in [6.45, 7) is 5.06. The van der Waals surface area contributed by atoms with Crippen LogP contribution in [0, 0.1) is 6.92 Å². The molecule has 20 heavy (non-hydrogen) atoms. The van der Waals surface area contributed by atoms with E-state index in [-0.39, 0.29) is 6.04 Å². The molecule has 2 aromatic rings. The van der Waals surface area contributed by atoms with Crippen LogP contribution in [-0.2, 0) is 6.42 Å². The molecule has 1 heterocycles. The molecule has 1 aromatic heterocycles. The van der Waals surface area contributed by atoms with Crippen LogP contribution >= 0.6 is 27.3 Å². The third kappa shape index (κ3) is 3.81. The first kappa shape index (κ1) is 15.5. The van der Waals surface area contributed by atoms with Crippen molar-refractivity contribution in [3.63, 3.8) is 0 Å². The predicted octanol–water partition coefficient (Wildman–Crippen LogP) is 4.12. The number of likely N-dealkylation sites (N-methyl/N-ethyl adjacent to an activating group) is 1. The second-order valence-corrected chi connectivity index (χ2v) is 6.44. The molecule has 0 aliphatic heterocycles. The molecule has 5 heteroatoms. The van der Waals surface area contributed by atoms with Gasteiger partial charge in [-0.2, -0.15) is 0 Å². The number of nitrogens with one attached hydrogen (secondary N) is 1. The van der Waals surface area contributed by atoms with E-state index in [1.54, 1.807) is 18.4 Å². The number of hydrogen-bond acceptors (Lipinski definition) is 4. The Morgan fingerprint density at radius 1 is 1.45 bits per heavy atom. The van der Waals surface area contributed by atoms with Crippen LogP contribution in [0.1, 0.15) is 29.2 Å². The van der Waals surface area contributed by atoms with Gasteiger partial charge < -0.3 is 10.1 Å². The summed E-state index contributed by atoms with van der Waals surface area (Å²) in [6, 6.07) is 6.38. The van der Waals surface area contributed by atoms with E-state index in [9.17, 15) is 0 Å². The zero-order valence-corrected chi connectivity index (χ0v) is 14.3. The van der Waals surface area contributed by atoms with E-state index in [2.05, 4.69) is 50.7 Å². The van der Waals surface area contributed by atoms with Gasteiger partial charge in [-0.05, 0) is 25.6 Å². The smallest absolute Gasteiger partial charge is 0.124 e. The van der Waals surface area contributed by atoms with Gasteiger partial charge in [-0.15, -0.1) is 11.3 Å². The molecule has 0 bridgehead atoms. The standard InChI is InChI=1S/C15H19BrN2OS/c1-4-17-13(8-15-18-10(2)9-20-15)12-6-5-11(16)7-14(12)19-3/h5-7,9,13,17H,4,8H2,1-3H3. The van der Waals surface area contributed by atoms with Crippen molar-refractivity contribution < 1.29 is 4.74 Å². The summed E-state index contributed by atoms with van der Waals surface area (Å²) in [5.74, 6) is 0.901. The topological polar surface area (TPSA) is 34.2 Å². The number of aromatic nitrogens is 1. The normalized spacial score (nSPS) is 12.4. The van der Waals surface area contributed by atoms with Crippen LogP contribution in [0.5, 0.6) is 5.75 Å². The Kier molecular flexibility index (Phi) is 5.57. The van der Waals surface area contributed by atoms with Crippen molar-refractivity contribution in [3.8, 4) is 5.75 Å². The molecule has 3 nitrogen and oxygen atoms in total. The molecule has 1 unspecified atom stereocenters. The van der Waals surface area contributed by atoms with Crippen LogP contribution in [0.2, 0.25) is 0 Å². The number of benzene rings is 1. The monoisotopic (exact) mass is 354 g/mol. The van der Waals surface area contributed by atoms with Crippen molar-refractivity contribution in [2.75, 3.05) is 13.7 Å². The predicted molar refractivity (Wildman–Crippen MR) is 87.7 cm³/mol. The largest absolute Gasteiger partial charge is 0.496 e. The first-order valence-electron chi connectivity index (χ1n) is 6.61. The maximum atomic E-state index is 5.51. The molecule has 1 aromatic carbocycles. The number of thiazole rings is 1. The minimum Gasteiger partial charge on any atom is -0.496 e. The molecule has 0 saturated carbocycles. The Morgan fingerprint density at radius 2 is 2.25 bits per heavy atom. The first-order valence-corrected chi connectivity index (χ1v) is 8.29. The van der Waals surface area contributed by atoms with Gasteiger partial charge in [-0.1, -0.05) is 28.9 Å². The van der Waals surface area contributed by atoms with Crippen LogP contribution < -0.4 is 10.1 Å². The zero-order chi connectivity index (χ0) is 14.5. The number of ether oxygens (including phenoxy) is 1. The number of rotatable bonds is 6. The van der Waals surface area contributed by atoms with E-state index in [0.29, 0.717) is 0 Å². The summed E-state index contributed by atoms with van der Waals surface area (Å²) in [5.41, 5.74) is 2.26. The minimum absolute atomic E-state index is 0.216. The molecule has 0 spiro atoms. The highest BCUT2D eigenvalue weighted by Gasteiger charge is 2.17. The highest BCUT2D eigenvalue weighted by atomic mass is 79.9. The van der Waals surface area contributed by atoms with Gasteiger partial charge in [0.2, 0.25) is 0 Å². The molecule has 0 fully saturated rings. The van der Waals surface area contributed by atoms with Gasteiger partial charge in [0, 0.05) is 33.6 Å². The van der Waals surface area contributed by atoms with Gasteiger partial charge in [-0.3, -0.25) is 0 Å². The maximum absolute atomic E-state index is 5.51. The van der Waals surface area contributed by atoms with Gasteiger partial charge in [0.25, 0.3) is 0 Å². The minimum atomic E-state index is 0.216. The molecule has 2 rings (SSSR count). The molecule has 108 valence electrons. The molecule has 1 N–H and O–H groups in total. The van der Waals surface area contributed by atoms with Gasteiger partial charge >= 0.3 is 0 Å². The number of halogens is 1. The van der Waals surface area contributed by atoms with Crippen LogP contribution in [0.15, 0.2) is 28.1 Å². The molecule has 0 saturated heterocycles. The Morgan fingerprint density at radius 3 is 2.85 bits per heavy atom. The summed E-state index contributed by atoms with van der Waals surface area (Å²) in [6.07, 6.45) is 0.879. The summed E-state index contributed by atoms with van der Waals surface area (Å²) in [4.78, 5) is 4.56. The first-order chi connectivity index (χ1) is 9.63. The molecular formula is C15H19BrN2OS. The Bertz CT molecular complexity index is 571. The average molecular weight is 355 g/mol. The molecule has 0 amide bonds. The Labute approximate surface area is 132 Å². The molecule has 0 radical (unpaired) electrons. The van der Waals surface area contributed by atoms with Crippen molar-refractivity contribution in [2.24, 2.45) is 0 Å². The number of hydrogen-bond donors (Lipinski definition) is 1. The van der Waals surface area contributed by atoms with E-state index < -0.39 is 0 Å². The third-order valence-corrected chi connectivity index (χ3v) is 4.55. The van der Waals surface area contributed by atoms with Crippen molar-refractivity contribution in [1.82, 2.24) is 10.3 Å². The molecule has 1 atom stereocenters. The van der Waals surface area contributed by atoms with Crippen molar-refractivity contribution in [3.05, 3.63) is 44.3 Å². The number of nitrogens with zero attached hydrogens (tertiary/aromatic N) is 1. The summed E-state index contributed by atoms with van der Waals surface area (Å²) in [7, 11) is 1.71. The highest BCUT2D eigenvalue weighted by Crippen LogP contribution is 2.31. The van der Waals surface area contributed by atoms with Gasteiger partial charge in [0.15, 0.2) is 0 Å². The molecule has 0 aliphatic carbocycles. The Hall–Kier alpha value is -0.910. The fourth-order valence-electron chi connectivity index (χ4n) is 2.18. The van der Waals surface area contributed by atoms with Crippen molar-refractivity contribution >= 4 is 27.3 Å². The molecular weight excluding hydrogens is 336 g/mol. The van der Waals surface area contributed by atoms with E-state index in [1.807, 2.05) is 13.0 Å². The lowest BCUT2D eigenvalue weighted by Crippen LogP contribution is -2.23. The van der Waals surface area contributed by atoms with Gasteiger partial charge in [-0.25, -0.2) is 4.98 Å². The summed E-state index contributed by atoms with van der Waals surface area (Å²) < 4.78 is 6.54. The summed E-state index contributed by atoms with van der Waals surface area (Å²) >= 11 is 5.20. The second-order valence-electron chi connectivity index (χ2n) is 4.58. The van der Waals surface area contributed by atoms with E-state index >= 15 is 0 Å². The van der Waals surface area contributed by atoms with Gasteiger partial charge in [0.05, 0.1) is 12.1 Å². The lowest BCUT2D eigenvalue weighted by atomic mass is 10.0. The Balaban J connectivity index is 2.28. The third-order valence-electron chi connectivity index (χ3n) is 3.07. The fourth-order valence-corrected chi connectivity index (χ4v) is 3.34. The second kappa shape index (κ2) is 7.20.